The van der Waals surface area contributed by atoms with Crippen LogP contribution < -0.4 is 5.32 Å². The fourth-order valence-electron chi connectivity index (χ4n) is 2.61. The van der Waals surface area contributed by atoms with Crippen molar-refractivity contribution in [1.82, 2.24) is 10.2 Å². The van der Waals surface area contributed by atoms with Gasteiger partial charge < -0.3 is 10.1 Å². The van der Waals surface area contributed by atoms with E-state index in [0.29, 0.717) is 12.0 Å². The monoisotopic (exact) mass is 278 g/mol. The minimum absolute atomic E-state index is 0.445. The maximum Gasteiger partial charge on any atom is 0.0499 e. The van der Waals surface area contributed by atoms with Gasteiger partial charge in [-0.25, -0.2) is 0 Å². The van der Waals surface area contributed by atoms with Crippen LogP contribution in [0.15, 0.2) is 30.3 Å². The van der Waals surface area contributed by atoms with Crippen molar-refractivity contribution in [2.75, 3.05) is 39.9 Å². The van der Waals surface area contributed by atoms with Crippen molar-refractivity contribution in [3.63, 3.8) is 0 Å². The Morgan fingerprint density at radius 3 is 2.30 bits per heavy atom. The molecule has 0 aromatic heterocycles. The van der Waals surface area contributed by atoms with Crippen molar-refractivity contribution in [2.45, 2.75) is 26.8 Å². The van der Waals surface area contributed by atoms with Gasteiger partial charge in [-0.2, -0.15) is 0 Å². The predicted octanol–water partition coefficient (Wildman–Crippen LogP) is 2.94. The first kappa shape index (κ1) is 17.2. The third-order valence-electron chi connectivity index (χ3n) is 3.72. The molecule has 0 amide bonds. The highest BCUT2D eigenvalue weighted by atomic mass is 16.5. The molecule has 0 aliphatic rings. The van der Waals surface area contributed by atoms with Crippen LogP contribution in [0.4, 0.5) is 0 Å². The maximum atomic E-state index is 5.19. The molecule has 2 atom stereocenters. The third kappa shape index (κ3) is 5.61. The van der Waals surface area contributed by atoms with Gasteiger partial charge in [0.2, 0.25) is 0 Å². The summed E-state index contributed by atoms with van der Waals surface area (Å²) in [6.07, 6.45) is 0. The first-order chi connectivity index (χ1) is 9.72. The average molecular weight is 278 g/mol. The summed E-state index contributed by atoms with van der Waals surface area (Å²) >= 11 is 0. The lowest BCUT2D eigenvalue weighted by atomic mass is 10.0. The molecule has 0 bridgehead atoms. The Morgan fingerprint density at radius 2 is 1.75 bits per heavy atom. The quantitative estimate of drug-likeness (QED) is 0.712. The number of rotatable bonds is 10. The molecule has 2 unspecified atom stereocenters. The normalized spacial score (nSPS) is 14.4. The molecule has 3 nitrogen and oxygen atoms in total. The number of methoxy groups -OCH3 is 1. The zero-order valence-electron chi connectivity index (χ0n) is 13.4. The Bertz CT molecular complexity index is 338. The van der Waals surface area contributed by atoms with Crippen molar-refractivity contribution in [2.24, 2.45) is 5.92 Å². The van der Waals surface area contributed by atoms with Crippen LogP contribution in [0.1, 0.15) is 32.4 Å². The van der Waals surface area contributed by atoms with Gasteiger partial charge >= 0.3 is 0 Å². The summed E-state index contributed by atoms with van der Waals surface area (Å²) in [7, 11) is 1.76. The second-order valence-corrected chi connectivity index (χ2v) is 5.37. The van der Waals surface area contributed by atoms with E-state index in [1.54, 1.807) is 7.11 Å². The maximum absolute atomic E-state index is 5.19. The molecule has 0 aliphatic heterocycles. The van der Waals surface area contributed by atoms with Gasteiger partial charge in [0.25, 0.3) is 0 Å². The van der Waals surface area contributed by atoms with Gasteiger partial charge in [0, 0.05) is 26.3 Å². The molecule has 20 heavy (non-hydrogen) atoms. The molecule has 0 radical (unpaired) electrons. The molecule has 0 saturated carbocycles. The highest BCUT2D eigenvalue weighted by molar-refractivity contribution is 5.19. The van der Waals surface area contributed by atoms with Crippen LogP contribution in [0.3, 0.4) is 0 Å². The van der Waals surface area contributed by atoms with Crippen LogP contribution >= 0.6 is 0 Å². The van der Waals surface area contributed by atoms with Gasteiger partial charge in [-0.05, 0) is 31.1 Å². The first-order valence-corrected chi connectivity index (χ1v) is 7.71. The number of likely N-dealkylation sites (N-methyl/N-ethyl adjacent to an activating group) is 1. The van der Waals surface area contributed by atoms with E-state index in [-0.39, 0.29) is 0 Å². The molecule has 0 heterocycles. The van der Waals surface area contributed by atoms with E-state index in [0.717, 1.165) is 32.8 Å². The predicted molar refractivity (Wildman–Crippen MR) is 86.0 cm³/mol. The van der Waals surface area contributed by atoms with E-state index in [4.69, 9.17) is 4.74 Å². The first-order valence-electron chi connectivity index (χ1n) is 7.71. The summed E-state index contributed by atoms with van der Waals surface area (Å²) in [5, 5.41) is 3.60. The van der Waals surface area contributed by atoms with Gasteiger partial charge in [-0.1, -0.05) is 51.1 Å². The van der Waals surface area contributed by atoms with Crippen LogP contribution in [0, 0.1) is 5.92 Å². The number of hydrogen-bond acceptors (Lipinski definition) is 3. The van der Waals surface area contributed by atoms with Crippen LogP contribution in [0.25, 0.3) is 0 Å². The molecule has 0 spiro atoms. The zero-order chi connectivity index (χ0) is 14.8. The summed E-state index contributed by atoms with van der Waals surface area (Å²) in [4.78, 5) is 2.50. The number of nitrogens with one attached hydrogen (secondary N) is 1. The van der Waals surface area contributed by atoms with Gasteiger partial charge in [0.05, 0.1) is 0 Å². The third-order valence-corrected chi connectivity index (χ3v) is 3.72. The minimum Gasteiger partial charge on any atom is -0.384 e. The van der Waals surface area contributed by atoms with Gasteiger partial charge in [-0.3, -0.25) is 4.90 Å². The lowest BCUT2D eigenvalue weighted by Gasteiger charge is -2.30. The molecule has 1 rings (SSSR count). The molecule has 0 saturated heterocycles. The lowest BCUT2D eigenvalue weighted by molar-refractivity contribution is 0.154. The SMILES string of the molecule is CCN(CC)C(CNCC(C)COC)c1ccccc1. The van der Waals surface area contributed by atoms with Gasteiger partial charge in [0.1, 0.15) is 0 Å². The van der Waals surface area contributed by atoms with Crippen molar-refractivity contribution in [1.29, 1.82) is 0 Å². The standard InChI is InChI=1S/C17H30N2O/c1-5-19(6-2)17(16-10-8-7-9-11-16)13-18-12-15(3)14-20-4/h7-11,15,17-18H,5-6,12-14H2,1-4H3. The summed E-state index contributed by atoms with van der Waals surface area (Å²) in [6.45, 7) is 11.6. The fourth-order valence-corrected chi connectivity index (χ4v) is 2.61. The number of benzene rings is 1. The Balaban J connectivity index is 2.60. The second-order valence-electron chi connectivity index (χ2n) is 5.37. The smallest absolute Gasteiger partial charge is 0.0499 e. The fraction of sp³-hybridized carbons (Fsp3) is 0.647. The van der Waals surface area contributed by atoms with Crippen LogP contribution in [0.2, 0.25) is 0 Å². The van der Waals surface area contributed by atoms with Crippen molar-refractivity contribution < 1.29 is 4.74 Å². The molecule has 1 aromatic rings. The Kier molecular flexibility index (Phi) is 8.51. The van der Waals surface area contributed by atoms with Crippen molar-refractivity contribution in [3.8, 4) is 0 Å². The average Bonchev–Trinajstić information content (AvgIpc) is 2.48. The molecular weight excluding hydrogens is 248 g/mol. The van der Waals surface area contributed by atoms with E-state index >= 15 is 0 Å². The Hall–Kier alpha value is -0.900. The summed E-state index contributed by atoms with van der Waals surface area (Å²) in [5.41, 5.74) is 1.39. The van der Waals surface area contributed by atoms with E-state index in [9.17, 15) is 0 Å². The summed E-state index contributed by atoms with van der Waals surface area (Å²) in [5.74, 6) is 0.549. The van der Waals surface area contributed by atoms with Crippen molar-refractivity contribution in [3.05, 3.63) is 35.9 Å². The molecular formula is C17H30N2O. The molecule has 114 valence electrons. The highest BCUT2D eigenvalue weighted by Gasteiger charge is 2.17. The zero-order valence-corrected chi connectivity index (χ0v) is 13.4. The molecule has 0 aliphatic carbocycles. The van der Waals surface area contributed by atoms with Crippen LogP contribution in [0.5, 0.6) is 0 Å². The van der Waals surface area contributed by atoms with E-state index < -0.39 is 0 Å². The molecule has 3 heteroatoms. The lowest BCUT2D eigenvalue weighted by Crippen LogP contribution is -2.37. The minimum atomic E-state index is 0.445. The highest BCUT2D eigenvalue weighted by Crippen LogP contribution is 2.19. The van der Waals surface area contributed by atoms with Crippen LogP contribution in [-0.4, -0.2) is 44.8 Å². The molecule has 1 N–H and O–H groups in total. The topological polar surface area (TPSA) is 24.5 Å². The largest absolute Gasteiger partial charge is 0.384 e. The van der Waals surface area contributed by atoms with E-state index in [1.165, 1.54) is 5.56 Å². The van der Waals surface area contributed by atoms with Gasteiger partial charge in [0.15, 0.2) is 0 Å². The number of ether oxygens (including phenoxy) is 1. The number of hydrogen-bond donors (Lipinski definition) is 1. The second kappa shape index (κ2) is 9.92. The molecule has 1 aromatic carbocycles. The summed E-state index contributed by atoms with van der Waals surface area (Å²) in [6, 6.07) is 11.2. The Labute approximate surface area is 124 Å². The summed E-state index contributed by atoms with van der Waals surface area (Å²) < 4.78 is 5.19. The molecule has 0 fully saturated rings. The van der Waals surface area contributed by atoms with Crippen LogP contribution in [-0.2, 0) is 4.74 Å². The van der Waals surface area contributed by atoms with E-state index in [2.05, 4.69) is 61.3 Å². The van der Waals surface area contributed by atoms with Crippen molar-refractivity contribution >= 4 is 0 Å². The van der Waals surface area contributed by atoms with E-state index in [1.807, 2.05) is 0 Å². The van der Waals surface area contributed by atoms with Gasteiger partial charge in [-0.15, -0.1) is 0 Å². The number of nitrogens with zero attached hydrogens (tertiary/aromatic N) is 1. The Morgan fingerprint density at radius 1 is 1.10 bits per heavy atom.